The van der Waals surface area contributed by atoms with Crippen molar-refractivity contribution in [2.24, 2.45) is 0 Å². The van der Waals surface area contributed by atoms with Gasteiger partial charge in [-0.05, 0) is 19.1 Å². The maximum atomic E-state index is 10.9. The minimum absolute atomic E-state index is 0.000490. The topological polar surface area (TPSA) is 93.0 Å². The van der Waals surface area contributed by atoms with Crippen LogP contribution in [0.2, 0.25) is 0 Å². The molecule has 7 nitrogen and oxygen atoms in total. The summed E-state index contributed by atoms with van der Waals surface area (Å²) in [4.78, 5) is 18.9. The normalized spacial score (nSPS) is 10.1. The molecule has 2 heterocycles. The number of hydrogen-bond acceptors (Lipinski definition) is 6. The summed E-state index contributed by atoms with van der Waals surface area (Å²) >= 11 is 0. The van der Waals surface area contributed by atoms with Crippen molar-refractivity contribution in [2.45, 2.75) is 13.5 Å². The first-order valence-corrected chi connectivity index (χ1v) is 6.23. The Labute approximate surface area is 116 Å². The van der Waals surface area contributed by atoms with Crippen molar-refractivity contribution in [2.75, 3.05) is 17.2 Å². The Morgan fingerprint density at radius 3 is 2.60 bits per heavy atom. The van der Waals surface area contributed by atoms with Gasteiger partial charge in [0.25, 0.3) is 5.69 Å². The van der Waals surface area contributed by atoms with Crippen LogP contribution in [-0.4, -0.2) is 21.4 Å². The number of rotatable bonds is 6. The smallest absolute Gasteiger partial charge is 0.276 e. The molecule has 0 amide bonds. The van der Waals surface area contributed by atoms with Crippen LogP contribution in [0.25, 0.3) is 0 Å². The zero-order chi connectivity index (χ0) is 14.4. The Bertz CT molecular complexity index is 589. The predicted octanol–water partition coefficient (Wildman–Crippen LogP) is 2.43. The molecule has 0 aliphatic rings. The largest absolute Gasteiger partial charge is 0.370 e. The van der Waals surface area contributed by atoms with Gasteiger partial charge in [-0.15, -0.1) is 0 Å². The third-order valence-corrected chi connectivity index (χ3v) is 2.56. The van der Waals surface area contributed by atoms with Crippen LogP contribution in [0.3, 0.4) is 0 Å². The number of aromatic nitrogens is 2. The van der Waals surface area contributed by atoms with E-state index in [9.17, 15) is 10.1 Å². The molecule has 2 aromatic heterocycles. The zero-order valence-electron chi connectivity index (χ0n) is 11.0. The summed E-state index contributed by atoms with van der Waals surface area (Å²) in [5.41, 5.74) is 0.838. The molecular formula is C13H15N5O2. The van der Waals surface area contributed by atoms with Crippen LogP contribution < -0.4 is 10.6 Å². The molecule has 0 saturated carbocycles. The van der Waals surface area contributed by atoms with E-state index >= 15 is 0 Å². The Morgan fingerprint density at radius 2 is 2.00 bits per heavy atom. The first kappa shape index (κ1) is 13.7. The number of pyridine rings is 2. The Morgan fingerprint density at radius 1 is 1.25 bits per heavy atom. The highest BCUT2D eigenvalue weighted by Gasteiger charge is 2.10. The minimum atomic E-state index is -0.436. The molecule has 104 valence electrons. The van der Waals surface area contributed by atoms with Crippen molar-refractivity contribution in [1.29, 1.82) is 0 Å². The molecule has 0 radical (unpaired) electrons. The lowest BCUT2D eigenvalue weighted by molar-refractivity contribution is -0.384. The van der Waals surface area contributed by atoms with E-state index in [1.54, 1.807) is 6.20 Å². The number of anilines is 2. The SMILES string of the molecule is CCNc1cc([N+](=O)[O-])cc(NCc2ccccn2)n1. The monoisotopic (exact) mass is 273 g/mol. The second-order valence-corrected chi connectivity index (χ2v) is 4.06. The van der Waals surface area contributed by atoms with Gasteiger partial charge < -0.3 is 10.6 Å². The number of nitrogens with zero attached hydrogens (tertiary/aromatic N) is 3. The first-order valence-electron chi connectivity index (χ1n) is 6.23. The molecule has 7 heteroatoms. The fourth-order valence-electron chi connectivity index (χ4n) is 1.67. The van der Waals surface area contributed by atoms with Crippen molar-refractivity contribution in [3.63, 3.8) is 0 Å². The summed E-state index contributed by atoms with van der Waals surface area (Å²) in [7, 11) is 0. The summed E-state index contributed by atoms with van der Waals surface area (Å²) in [5, 5.41) is 16.9. The van der Waals surface area contributed by atoms with Gasteiger partial charge in [-0.1, -0.05) is 6.07 Å². The number of hydrogen-bond donors (Lipinski definition) is 2. The molecule has 0 saturated heterocycles. The molecule has 0 aromatic carbocycles. The lowest BCUT2D eigenvalue weighted by atomic mass is 10.3. The van der Waals surface area contributed by atoms with E-state index in [0.717, 1.165) is 5.69 Å². The van der Waals surface area contributed by atoms with Crippen LogP contribution in [0, 0.1) is 10.1 Å². The Kier molecular flexibility index (Phi) is 4.43. The predicted molar refractivity (Wildman–Crippen MR) is 76.6 cm³/mol. The van der Waals surface area contributed by atoms with Crippen LogP contribution in [0.1, 0.15) is 12.6 Å². The molecule has 20 heavy (non-hydrogen) atoms. The fourth-order valence-corrected chi connectivity index (χ4v) is 1.67. The van der Waals surface area contributed by atoms with Crippen molar-refractivity contribution in [3.05, 3.63) is 52.3 Å². The van der Waals surface area contributed by atoms with E-state index in [0.29, 0.717) is 24.7 Å². The Balaban J connectivity index is 2.15. The summed E-state index contributed by atoms with van der Waals surface area (Å²) in [6, 6.07) is 8.40. The molecule has 2 rings (SSSR count). The van der Waals surface area contributed by atoms with Gasteiger partial charge in [0.15, 0.2) is 0 Å². The second-order valence-electron chi connectivity index (χ2n) is 4.06. The van der Waals surface area contributed by atoms with Gasteiger partial charge in [0.2, 0.25) is 0 Å². The molecule has 0 unspecified atom stereocenters. The zero-order valence-corrected chi connectivity index (χ0v) is 11.0. The first-order chi connectivity index (χ1) is 9.69. The van der Waals surface area contributed by atoms with Gasteiger partial charge in [0, 0.05) is 12.7 Å². The van der Waals surface area contributed by atoms with Crippen molar-refractivity contribution in [1.82, 2.24) is 9.97 Å². The highest BCUT2D eigenvalue weighted by molar-refractivity contribution is 5.54. The standard InChI is InChI=1S/C13H15N5O2/c1-2-14-12-7-11(18(19)20)8-13(17-12)16-9-10-5-3-4-6-15-10/h3-8H,2,9H2,1H3,(H2,14,16,17). The molecule has 2 aromatic rings. The van der Waals surface area contributed by atoms with Gasteiger partial charge in [-0.3, -0.25) is 15.1 Å². The summed E-state index contributed by atoms with van der Waals surface area (Å²) < 4.78 is 0. The van der Waals surface area contributed by atoms with Crippen LogP contribution >= 0.6 is 0 Å². The van der Waals surface area contributed by atoms with Gasteiger partial charge in [0.05, 0.1) is 29.3 Å². The van der Waals surface area contributed by atoms with E-state index in [-0.39, 0.29) is 5.69 Å². The average molecular weight is 273 g/mol. The van der Waals surface area contributed by atoms with Crippen molar-refractivity contribution in [3.8, 4) is 0 Å². The molecule has 0 atom stereocenters. The molecule has 0 fully saturated rings. The lowest BCUT2D eigenvalue weighted by Crippen LogP contribution is -2.06. The van der Waals surface area contributed by atoms with Gasteiger partial charge in [-0.2, -0.15) is 0 Å². The van der Waals surface area contributed by atoms with Crippen LogP contribution in [0.15, 0.2) is 36.5 Å². The summed E-state index contributed by atoms with van der Waals surface area (Å²) in [5.74, 6) is 0.922. The van der Waals surface area contributed by atoms with E-state index in [1.165, 1.54) is 12.1 Å². The maximum Gasteiger partial charge on any atom is 0.276 e. The number of nitro groups is 1. The van der Waals surface area contributed by atoms with Crippen molar-refractivity contribution >= 4 is 17.3 Å². The second kappa shape index (κ2) is 6.46. The highest BCUT2D eigenvalue weighted by atomic mass is 16.6. The third kappa shape index (κ3) is 3.64. The summed E-state index contributed by atoms with van der Waals surface area (Å²) in [6.07, 6.45) is 1.70. The minimum Gasteiger partial charge on any atom is -0.370 e. The van der Waals surface area contributed by atoms with E-state index < -0.39 is 4.92 Å². The van der Waals surface area contributed by atoms with Crippen LogP contribution in [0.5, 0.6) is 0 Å². The fraction of sp³-hybridized carbons (Fsp3) is 0.231. The summed E-state index contributed by atoms with van der Waals surface area (Å²) in [6.45, 7) is 3.01. The molecule has 0 aliphatic carbocycles. The molecular weight excluding hydrogens is 258 g/mol. The van der Waals surface area contributed by atoms with Crippen LogP contribution in [-0.2, 0) is 6.54 Å². The molecule has 0 aliphatic heterocycles. The Hall–Kier alpha value is -2.70. The van der Waals surface area contributed by atoms with Gasteiger partial charge in [-0.25, -0.2) is 4.98 Å². The average Bonchev–Trinajstić information content (AvgIpc) is 2.46. The lowest BCUT2D eigenvalue weighted by Gasteiger charge is -2.08. The van der Waals surface area contributed by atoms with E-state index in [1.807, 2.05) is 25.1 Å². The van der Waals surface area contributed by atoms with Crippen molar-refractivity contribution < 1.29 is 4.92 Å². The molecule has 0 spiro atoms. The maximum absolute atomic E-state index is 10.9. The third-order valence-electron chi connectivity index (χ3n) is 2.56. The van der Waals surface area contributed by atoms with E-state index in [2.05, 4.69) is 20.6 Å². The van der Waals surface area contributed by atoms with Crippen LogP contribution in [0.4, 0.5) is 17.3 Å². The van der Waals surface area contributed by atoms with Gasteiger partial charge in [0.1, 0.15) is 11.6 Å². The highest BCUT2D eigenvalue weighted by Crippen LogP contribution is 2.20. The quantitative estimate of drug-likeness (QED) is 0.620. The van der Waals surface area contributed by atoms with E-state index in [4.69, 9.17) is 0 Å². The van der Waals surface area contributed by atoms with Gasteiger partial charge >= 0.3 is 0 Å². The molecule has 0 bridgehead atoms. The number of nitrogens with one attached hydrogen (secondary N) is 2. The molecule has 2 N–H and O–H groups in total.